The number of rotatable bonds is 5. The Labute approximate surface area is 109 Å². The number of hydrogen-bond acceptors (Lipinski definition) is 2. The van der Waals surface area contributed by atoms with Crippen molar-refractivity contribution in [1.29, 1.82) is 0 Å². The summed E-state index contributed by atoms with van der Waals surface area (Å²) in [6.45, 7) is 3.59. The Morgan fingerprint density at radius 3 is 2.11 bits per heavy atom. The molecular weight excluding hydrogens is 222 g/mol. The maximum absolute atomic E-state index is 5.73. The van der Waals surface area contributed by atoms with Crippen LogP contribution in [0.15, 0.2) is 48.5 Å². The smallest absolute Gasteiger partial charge is 0.119 e. The van der Waals surface area contributed by atoms with E-state index in [1.807, 2.05) is 19.2 Å². The summed E-state index contributed by atoms with van der Waals surface area (Å²) in [5, 5.41) is 3.14. The van der Waals surface area contributed by atoms with Crippen molar-refractivity contribution < 1.29 is 4.74 Å². The van der Waals surface area contributed by atoms with E-state index in [1.165, 1.54) is 16.7 Å². The van der Waals surface area contributed by atoms with Gasteiger partial charge in [-0.2, -0.15) is 0 Å². The summed E-state index contributed by atoms with van der Waals surface area (Å²) in [5.41, 5.74) is 3.73. The van der Waals surface area contributed by atoms with Crippen LogP contribution >= 0.6 is 0 Å². The van der Waals surface area contributed by atoms with Crippen molar-refractivity contribution >= 4 is 0 Å². The molecule has 2 nitrogen and oxygen atoms in total. The minimum absolute atomic E-state index is 0.614. The summed E-state index contributed by atoms with van der Waals surface area (Å²) in [6.07, 6.45) is 0. The molecule has 0 fully saturated rings. The largest absolute Gasteiger partial charge is 0.489 e. The molecule has 2 heteroatoms. The van der Waals surface area contributed by atoms with E-state index in [2.05, 4.69) is 48.6 Å². The quantitative estimate of drug-likeness (QED) is 0.867. The van der Waals surface area contributed by atoms with Gasteiger partial charge in [0.05, 0.1) is 0 Å². The standard InChI is InChI=1S/C16H19NO/c1-13-3-9-16(10-4-13)18-12-15-7-5-14(6-8-15)11-17-2/h3-10,17H,11-12H2,1-2H3. The van der Waals surface area contributed by atoms with Crippen molar-refractivity contribution in [3.63, 3.8) is 0 Å². The number of aryl methyl sites for hydroxylation is 1. The van der Waals surface area contributed by atoms with Gasteiger partial charge in [-0.25, -0.2) is 0 Å². The van der Waals surface area contributed by atoms with Gasteiger partial charge in [-0.1, -0.05) is 42.0 Å². The molecule has 0 spiro atoms. The Balaban J connectivity index is 1.91. The molecule has 0 aromatic heterocycles. The lowest BCUT2D eigenvalue weighted by atomic mass is 10.1. The van der Waals surface area contributed by atoms with E-state index in [1.54, 1.807) is 0 Å². The Bertz CT molecular complexity index is 473. The highest BCUT2D eigenvalue weighted by Crippen LogP contribution is 2.14. The maximum Gasteiger partial charge on any atom is 0.119 e. The van der Waals surface area contributed by atoms with Gasteiger partial charge in [0.2, 0.25) is 0 Å². The van der Waals surface area contributed by atoms with Gasteiger partial charge in [0.25, 0.3) is 0 Å². The second kappa shape index (κ2) is 6.22. The third kappa shape index (κ3) is 3.60. The first kappa shape index (κ1) is 12.7. The van der Waals surface area contributed by atoms with Crippen molar-refractivity contribution in [2.24, 2.45) is 0 Å². The van der Waals surface area contributed by atoms with Gasteiger partial charge >= 0.3 is 0 Å². The van der Waals surface area contributed by atoms with Crippen molar-refractivity contribution in [1.82, 2.24) is 5.32 Å². The molecule has 1 N–H and O–H groups in total. The zero-order valence-corrected chi connectivity index (χ0v) is 10.9. The van der Waals surface area contributed by atoms with Crippen LogP contribution < -0.4 is 10.1 Å². The molecule has 0 aliphatic carbocycles. The molecule has 0 unspecified atom stereocenters. The maximum atomic E-state index is 5.73. The third-order valence-corrected chi connectivity index (χ3v) is 2.83. The average molecular weight is 241 g/mol. The van der Waals surface area contributed by atoms with Crippen LogP contribution in [0.5, 0.6) is 5.75 Å². The van der Waals surface area contributed by atoms with Crippen LogP contribution in [0.1, 0.15) is 16.7 Å². The van der Waals surface area contributed by atoms with Gasteiger partial charge in [-0.05, 0) is 37.2 Å². The van der Waals surface area contributed by atoms with Gasteiger partial charge in [0.15, 0.2) is 0 Å². The molecule has 0 radical (unpaired) electrons. The van der Waals surface area contributed by atoms with E-state index >= 15 is 0 Å². The van der Waals surface area contributed by atoms with Crippen LogP contribution in [-0.4, -0.2) is 7.05 Å². The summed E-state index contributed by atoms with van der Waals surface area (Å²) < 4.78 is 5.73. The third-order valence-electron chi connectivity index (χ3n) is 2.83. The zero-order chi connectivity index (χ0) is 12.8. The predicted molar refractivity (Wildman–Crippen MR) is 74.7 cm³/mol. The lowest BCUT2D eigenvalue weighted by molar-refractivity contribution is 0.306. The summed E-state index contributed by atoms with van der Waals surface area (Å²) in [4.78, 5) is 0. The van der Waals surface area contributed by atoms with E-state index in [-0.39, 0.29) is 0 Å². The van der Waals surface area contributed by atoms with E-state index in [0.29, 0.717) is 6.61 Å². The van der Waals surface area contributed by atoms with Crippen molar-refractivity contribution in [2.45, 2.75) is 20.1 Å². The number of ether oxygens (including phenoxy) is 1. The first-order chi connectivity index (χ1) is 8.78. The van der Waals surface area contributed by atoms with Gasteiger partial charge in [-0.3, -0.25) is 0 Å². The lowest BCUT2D eigenvalue weighted by Crippen LogP contribution is -2.05. The first-order valence-corrected chi connectivity index (χ1v) is 6.20. The van der Waals surface area contributed by atoms with Crippen LogP contribution in [0, 0.1) is 6.92 Å². The van der Waals surface area contributed by atoms with E-state index in [9.17, 15) is 0 Å². The Morgan fingerprint density at radius 2 is 1.50 bits per heavy atom. The van der Waals surface area contributed by atoms with Crippen LogP contribution in [0.25, 0.3) is 0 Å². The van der Waals surface area contributed by atoms with Crippen LogP contribution in [0.4, 0.5) is 0 Å². The zero-order valence-electron chi connectivity index (χ0n) is 10.9. The normalized spacial score (nSPS) is 10.3. The fourth-order valence-electron chi connectivity index (χ4n) is 1.76. The highest BCUT2D eigenvalue weighted by Gasteiger charge is 1.96. The van der Waals surface area contributed by atoms with Gasteiger partial charge in [0.1, 0.15) is 12.4 Å². The Morgan fingerprint density at radius 1 is 0.889 bits per heavy atom. The minimum Gasteiger partial charge on any atom is -0.489 e. The van der Waals surface area contributed by atoms with E-state index < -0.39 is 0 Å². The molecule has 2 rings (SSSR count). The van der Waals surface area contributed by atoms with Crippen molar-refractivity contribution in [3.8, 4) is 5.75 Å². The van der Waals surface area contributed by atoms with Gasteiger partial charge in [0, 0.05) is 6.54 Å². The van der Waals surface area contributed by atoms with Gasteiger partial charge < -0.3 is 10.1 Å². The Hall–Kier alpha value is -1.80. The topological polar surface area (TPSA) is 21.3 Å². The Kier molecular flexibility index (Phi) is 4.37. The molecule has 2 aromatic rings. The first-order valence-electron chi connectivity index (χ1n) is 6.20. The molecule has 0 heterocycles. The molecule has 0 amide bonds. The molecular formula is C16H19NO. The van der Waals surface area contributed by atoms with Crippen molar-refractivity contribution in [3.05, 3.63) is 65.2 Å². The fourth-order valence-corrected chi connectivity index (χ4v) is 1.76. The molecule has 0 saturated heterocycles. The molecule has 0 saturated carbocycles. The molecule has 0 aliphatic heterocycles. The van der Waals surface area contributed by atoms with E-state index in [0.717, 1.165) is 12.3 Å². The minimum atomic E-state index is 0.614. The highest BCUT2D eigenvalue weighted by molar-refractivity contribution is 5.27. The number of nitrogens with one attached hydrogen (secondary N) is 1. The summed E-state index contributed by atoms with van der Waals surface area (Å²) in [7, 11) is 1.95. The van der Waals surface area contributed by atoms with E-state index in [4.69, 9.17) is 4.74 Å². The molecule has 94 valence electrons. The summed E-state index contributed by atoms with van der Waals surface area (Å²) in [5.74, 6) is 0.917. The summed E-state index contributed by atoms with van der Waals surface area (Å²) in [6, 6.07) is 16.6. The van der Waals surface area contributed by atoms with Crippen LogP contribution in [-0.2, 0) is 13.2 Å². The second-order valence-corrected chi connectivity index (χ2v) is 4.45. The number of hydrogen-bond donors (Lipinski definition) is 1. The highest BCUT2D eigenvalue weighted by atomic mass is 16.5. The molecule has 0 bridgehead atoms. The second-order valence-electron chi connectivity index (χ2n) is 4.45. The summed E-state index contributed by atoms with van der Waals surface area (Å²) >= 11 is 0. The van der Waals surface area contributed by atoms with Crippen molar-refractivity contribution in [2.75, 3.05) is 7.05 Å². The lowest BCUT2D eigenvalue weighted by Gasteiger charge is -2.07. The average Bonchev–Trinajstić information content (AvgIpc) is 2.40. The fraction of sp³-hybridized carbons (Fsp3) is 0.250. The predicted octanol–water partition coefficient (Wildman–Crippen LogP) is 3.29. The molecule has 18 heavy (non-hydrogen) atoms. The van der Waals surface area contributed by atoms with Gasteiger partial charge in [-0.15, -0.1) is 0 Å². The molecule has 0 aliphatic rings. The van der Waals surface area contributed by atoms with Crippen LogP contribution in [0.2, 0.25) is 0 Å². The SMILES string of the molecule is CNCc1ccc(COc2ccc(C)cc2)cc1. The van der Waals surface area contributed by atoms with Crippen LogP contribution in [0.3, 0.4) is 0 Å². The molecule has 0 atom stereocenters. The monoisotopic (exact) mass is 241 g/mol. The number of benzene rings is 2. The molecule has 2 aromatic carbocycles.